The molecule has 186 valence electrons. The van der Waals surface area contributed by atoms with E-state index in [2.05, 4.69) is 0 Å². The van der Waals surface area contributed by atoms with Crippen LogP contribution in [0.15, 0.2) is 79.0 Å². The number of carbonyl (C=O) groups excluding carboxylic acids is 1. The summed E-state index contributed by atoms with van der Waals surface area (Å²) < 4.78 is 18.1. The van der Waals surface area contributed by atoms with Crippen LogP contribution in [0.2, 0.25) is 0 Å². The Hall–Kier alpha value is -4.26. The molecule has 36 heavy (non-hydrogen) atoms. The highest BCUT2D eigenvalue weighted by molar-refractivity contribution is 5.76. The number of rotatable bonds is 10. The summed E-state index contributed by atoms with van der Waals surface area (Å²) in [5.41, 5.74) is 4.77. The highest BCUT2D eigenvalue weighted by Gasteiger charge is 2.18. The molecule has 7 heteroatoms. The fourth-order valence-electron chi connectivity index (χ4n) is 4.14. The van der Waals surface area contributed by atoms with Gasteiger partial charge in [-0.1, -0.05) is 48.5 Å². The van der Waals surface area contributed by atoms with Crippen molar-refractivity contribution in [2.45, 2.75) is 19.4 Å². The van der Waals surface area contributed by atoms with E-state index >= 15 is 0 Å². The molecule has 0 N–H and O–H groups in total. The monoisotopic (exact) mass is 485 g/mol. The van der Waals surface area contributed by atoms with Crippen LogP contribution < -0.4 is 14.2 Å². The van der Waals surface area contributed by atoms with Gasteiger partial charge in [-0.3, -0.25) is 4.79 Å². The third-order valence-corrected chi connectivity index (χ3v) is 6.04. The second-order valence-corrected chi connectivity index (χ2v) is 8.43. The van der Waals surface area contributed by atoms with Crippen molar-refractivity contribution in [1.82, 2.24) is 14.7 Å². The predicted octanol–water partition coefficient (Wildman–Crippen LogP) is 5.16. The molecule has 1 amide bonds. The molecule has 0 saturated heterocycles. The van der Waals surface area contributed by atoms with Gasteiger partial charge in [-0.05, 0) is 36.2 Å². The van der Waals surface area contributed by atoms with Crippen molar-refractivity contribution in [3.8, 4) is 34.2 Å². The number of ether oxygens (including phenoxy) is 3. The van der Waals surface area contributed by atoms with Gasteiger partial charge in [0.1, 0.15) is 0 Å². The summed E-state index contributed by atoms with van der Waals surface area (Å²) in [6.45, 7) is 0.450. The number of hydrogen-bond acceptors (Lipinski definition) is 5. The first kappa shape index (κ1) is 24.9. The van der Waals surface area contributed by atoms with E-state index in [1.807, 2.05) is 90.7 Å². The van der Waals surface area contributed by atoms with E-state index < -0.39 is 0 Å². The van der Waals surface area contributed by atoms with E-state index in [0.29, 0.717) is 36.6 Å². The van der Waals surface area contributed by atoms with Crippen molar-refractivity contribution < 1.29 is 19.0 Å². The lowest BCUT2D eigenvalue weighted by molar-refractivity contribution is -0.130. The van der Waals surface area contributed by atoms with Crippen LogP contribution in [0.3, 0.4) is 0 Å². The van der Waals surface area contributed by atoms with Crippen molar-refractivity contribution in [2.24, 2.45) is 0 Å². The second kappa shape index (κ2) is 11.4. The van der Waals surface area contributed by atoms with Gasteiger partial charge in [0.25, 0.3) is 0 Å². The normalized spacial score (nSPS) is 10.7. The minimum atomic E-state index is 0.0372. The number of benzene rings is 3. The molecule has 0 aliphatic heterocycles. The molecule has 0 spiro atoms. The molecule has 0 aliphatic rings. The van der Waals surface area contributed by atoms with Gasteiger partial charge in [-0.15, -0.1) is 0 Å². The maximum atomic E-state index is 13.1. The van der Waals surface area contributed by atoms with Gasteiger partial charge in [0.2, 0.25) is 11.7 Å². The van der Waals surface area contributed by atoms with E-state index in [1.54, 1.807) is 26.2 Å². The molecule has 1 heterocycles. The average Bonchev–Trinajstić information content (AvgIpc) is 3.35. The van der Waals surface area contributed by atoms with E-state index in [1.165, 1.54) is 0 Å². The Morgan fingerprint density at radius 1 is 0.889 bits per heavy atom. The lowest BCUT2D eigenvalue weighted by Gasteiger charge is -2.18. The Bertz CT molecular complexity index is 1280. The molecule has 0 atom stereocenters. The topological polar surface area (TPSA) is 65.8 Å². The first-order valence-electron chi connectivity index (χ1n) is 11.8. The minimum Gasteiger partial charge on any atom is -0.493 e. The quantitative estimate of drug-likeness (QED) is 0.311. The summed E-state index contributed by atoms with van der Waals surface area (Å²) in [5, 5.41) is 4.85. The number of carbonyl (C=O) groups is 1. The molecule has 0 aliphatic carbocycles. The number of hydrogen-bond donors (Lipinski definition) is 0. The van der Waals surface area contributed by atoms with Gasteiger partial charge in [0.15, 0.2) is 11.5 Å². The van der Waals surface area contributed by atoms with Crippen molar-refractivity contribution in [3.05, 3.63) is 90.1 Å². The SMILES string of the molecule is COc1cc(CCC(=O)N(C)Cc2cn(-c3ccccc3)nc2-c2ccccc2)cc(OC)c1OC. The summed E-state index contributed by atoms with van der Waals surface area (Å²) in [7, 11) is 6.56. The summed E-state index contributed by atoms with van der Waals surface area (Å²) in [6, 6.07) is 23.8. The van der Waals surface area contributed by atoms with Crippen molar-refractivity contribution in [1.29, 1.82) is 0 Å². The summed E-state index contributed by atoms with van der Waals surface area (Å²) in [5.74, 6) is 1.73. The van der Waals surface area contributed by atoms with Gasteiger partial charge < -0.3 is 19.1 Å². The smallest absolute Gasteiger partial charge is 0.222 e. The summed E-state index contributed by atoms with van der Waals surface area (Å²) in [6.07, 6.45) is 2.90. The van der Waals surface area contributed by atoms with Crippen molar-refractivity contribution in [3.63, 3.8) is 0 Å². The molecule has 3 aromatic carbocycles. The maximum Gasteiger partial charge on any atom is 0.222 e. The summed E-state index contributed by atoms with van der Waals surface area (Å²) in [4.78, 5) is 14.8. The molecular weight excluding hydrogens is 454 g/mol. The largest absolute Gasteiger partial charge is 0.493 e. The standard InChI is InChI=1S/C29H31N3O4/c1-31(27(33)16-15-21-17-25(34-2)29(36-4)26(18-21)35-3)19-23-20-32(24-13-9-6-10-14-24)30-28(23)22-11-7-5-8-12-22/h5-14,17-18,20H,15-16,19H2,1-4H3. The van der Waals surface area contributed by atoms with Crippen LogP contribution in [0.5, 0.6) is 17.2 Å². The first-order valence-corrected chi connectivity index (χ1v) is 11.8. The molecule has 0 unspecified atom stereocenters. The van der Waals surface area contributed by atoms with Crippen LogP contribution in [0, 0.1) is 0 Å². The lowest BCUT2D eigenvalue weighted by atomic mass is 10.1. The van der Waals surface area contributed by atoms with E-state index in [0.717, 1.165) is 28.1 Å². The highest BCUT2D eigenvalue weighted by atomic mass is 16.5. The van der Waals surface area contributed by atoms with Crippen LogP contribution in [-0.4, -0.2) is 49.0 Å². The van der Waals surface area contributed by atoms with Crippen molar-refractivity contribution in [2.75, 3.05) is 28.4 Å². The van der Waals surface area contributed by atoms with Crippen LogP contribution in [0.1, 0.15) is 17.5 Å². The fourth-order valence-corrected chi connectivity index (χ4v) is 4.14. The molecule has 0 saturated carbocycles. The number of aromatic nitrogens is 2. The summed E-state index contributed by atoms with van der Waals surface area (Å²) >= 11 is 0. The molecule has 4 aromatic rings. The number of aryl methyl sites for hydroxylation is 1. The van der Waals surface area contributed by atoms with E-state index in [9.17, 15) is 4.79 Å². The van der Waals surface area contributed by atoms with Gasteiger partial charge in [0.05, 0.1) is 32.7 Å². The molecule has 0 radical (unpaired) electrons. The Labute approximate surface area is 211 Å². The third kappa shape index (κ3) is 5.51. The number of para-hydroxylation sites is 1. The molecule has 1 aromatic heterocycles. The van der Waals surface area contributed by atoms with Gasteiger partial charge in [0, 0.05) is 37.3 Å². The van der Waals surface area contributed by atoms with Crippen LogP contribution in [0.25, 0.3) is 16.9 Å². The zero-order chi connectivity index (χ0) is 25.5. The van der Waals surface area contributed by atoms with E-state index in [-0.39, 0.29) is 5.91 Å². The van der Waals surface area contributed by atoms with Crippen LogP contribution in [0.4, 0.5) is 0 Å². The fraction of sp³-hybridized carbons (Fsp3) is 0.241. The van der Waals surface area contributed by atoms with Gasteiger partial charge in [-0.25, -0.2) is 4.68 Å². The molecule has 0 bridgehead atoms. The van der Waals surface area contributed by atoms with Gasteiger partial charge in [-0.2, -0.15) is 5.10 Å². The van der Waals surface area contributed by atoms with Crippen LogP contribution in [-0.2, 0) is 17.8 Å². The average molecular weight is 486 g/mol. The number of nitrogens with zero attached hydrogens (tertiary/aromatic N) is 3. The maximum absolute atomic E-state index is 13.1. The predicted molar refractivity (Wildman–Crippen MR) is 140 cm³/mol. The zero-order valence-electron chi connectivity index (χ0n) is 21.1. The minimum absolute atomic E-state index is 0.0372. The zero-order valence-corrected chi connectivity index (χ0v) is 21.1. The highest BCUT2D eigenvalue weighted by Crippen LogP contribution is 2.38. The van der Waals surface area contributed by atoms with Crippen molar-refractivity contribution >= 4 is 5.91 Å². The third-order valence-electron chi connectivity index (χ3n) is 6.04. The molecule has 4 rings (SSSR count). The number of methoxy groups -OCH3 is 3. The Kier molecular flexibility index (Phi) is 7.90. The molecule has 7 nitrogen and oxygen atoms in total. The first-order chi connectivity index (χ1) is 17.5. The number of amides is 1. The Balaban J connectivity index is 1.51. The second-order valence-electron chi connectivity index (χ2n) is 8.43. The Morgan fingerprint density at radius 2 is 1.50 bits per heavy atom. The van der Waals surface area contributed by atoms with E-state index in [4.69, 9.17) is 19.3 Å². The molecule has 0 fully saturated rings. The molecular formula is C29H31N3O4. The van der Waals surface area contributed by atoms with Gasteiger partial charge >= 0.3 is 0 Å². The lowest BCUT2D eigenvalue weighted by Crippen LogP contribution is -2.26. The Morgan fingerprint density at radius 3 is 2.08 bits per heavy atom. The van der Waals surface area contributed by atoms with Crippen LogP contribution >= 0.6 is 0 Å².